The van der Waals surface area contributed by atoms with Crippen LogP contribution >= 0.6 is 12.4 Å². The molecule has 1 atom stereocenters. The number of hydrogen-bond donors (Lipinski definition) is 2. The Morgan fingerprint density at radius 2 is 2.00 bits per heavy atom. The van der Waals surface area contributed by atoms with Crippen molar-refractivity contribution in [3.63, 3.8) is 0 Å². The Kier molecular flexibility index (Phi) is 7.16. The van der Waals surface area contributed by atoms with Crippen LogP contribution in [0.25, 0.3) is 0 Å². The Hall–Kier alpha value is -0.810. The van der Waals surface area contributed by atoms with Gasteiger partial charge in [-0.3, -0.25) is 4.90 Å². The Bertz CT molecular complexity index is 370. The normalized spacial score (nSPS) is 17.6. The Labute approximate surface area is 121 Å². The zero-order valence-corrected chi connectivity index (χ0v) is 12.2. The molecular formula is C14H23ClN2O2. The highest BCUT2D eigenvalue weighted by Crippen LogP contribution is 2.29. The SMILES string of the molecule is CCOc1ccccc1[C@@H](CO)N1CCNCC1.Cl. The van der Waals surface area contributed by atoms with Crippen molar-refractivity contribution in [3.8, 4) is 5.75 Å². The smallest absolute Gasteiger partial charge is 0.124 e. The van der Waals surface area contributed by atoms with Gasteiger partial charge in [-0.15, -0.1) is 12.4 Å². The third kappa shape index (κ3) is 4.08. The van der Waals surface area contributed by atoms with Crippen molar-refractivity contribution in [1.82, 2.24) is 10.2 Å². The topological polar surface area (TPSA) is 44.7 Å². The number of benzene rings is 1. The molecule has 108 valence electrons. The van der Waals surface area contributed by atoms with Crippen LogP contribution in [0.3, 0.4) is 0 Å². The number of nitrogens with zero attached hydrogens (tertiary/aromatic N) is 1. The minimum Gasteiger partial charge on any atom is -0.494 e. The average molecular weight is 287 g/mol. The van der Waals surface area contributed by atoms with Gasteiger partial charge in [-0.05, 0) is 13.0 Å². The van der Waals surface area contributed by atoms with Gasteiger partial charge in [0, 0.05) is 31.7 Å². The summed E-state index contributed by atoms with van der Waals surface area (Å²) < 4.78 is 5.66. The Morgan fingerprint density at radius 3 is 2.63 bits per heavy atom. The van der Waals surface area contributed by atoms with Crippen LogP contribution in [0, 0.1) is 0 Å². The van der Waals surface area contributed by atoms with E-state index in [-0.39, 0.29) is 25.1 Å². The van der Waals surface area contributed by atoms with Crippen LogP contribution < -0.4 is 10.1 Å². The molecule has 1 aliphatic rings. The van der Waals surface area contributed by atoms with Crippen LogP contribution in [0.4, 0.5) is 0 Å². The number of rotatable bonds is 5. The van der Waals surface area contributed by atoms with E-state index in [9.17, 15) is 5.11 Å². The first kappa shape index (κ1) is 16.2. The lowest BCUT2D eigenvalue weighted by Gasteiger charge is -2.34. The molecule has 19 heavy (non-hydrogen) atoms. The van der Waals surface area contributed by atoms with Crippen LogP contribution in [0.2, 0.25) is 0 Å². The zero-order valence-electron chi connectivity index (χ0n) is 11.3. The summed E-state index contributed by atoms with van der Waals surface area (Å²) >= 11 is 0. The largest absolute Gasteiger partial charge is 0.494 e. The number of aliphatic hydroxyl groups is 1. The number of hydrogen-bond acceptors (Lipinski definition) is 4. The van der Waals surface area contributed by atoms with E-state index in [1.165, 1.54) is 0 Å². The van der Waals surface area contributed by atoms with Crippen molar-refractivity contribution in [3.05, 3.63) is 29.8 Å². The number of para-hydroxylation sites is 1. The van der Waals surface area contributed by atoms with Gasteiger partial charge in [-0.2, -0.15) is 0 Å². The van der Waals surface area contributed by atoms with E-state index in [1.807, 2.05) is 31.2 Å². The second kappa shape index (κ2) is 8.38. The highest BCUT2D eigenvalue weighted by atomic mass is 35.5. The molecule has 0 unspecified atom stereocenters. The van der Waals surface area contributed by atoms with Gasteiger partial charge in [0.15, 0.2) is 0 Å². The van der Waals surface area contributed by atoms with E-state index >= 15 is 0 Å². The van der Waals surface area contributed by atoms with Gasteiger partial charge >= 0.3 is 0 Å². The molecule has 1 aliphatic heterocycles. The van der Waals surface area contributed by atoms with E-state index in [2.05, 4.69) is 10.2 Å². The molecule has 4 nitrogen and oxygen atoms in total. The average Bonchev–Trinajstić information content (AvgIpc) is 2.43. The molecule has 1 aromatic rings. The molecule has 2 rings (SSSR count). The van der Waals surface area contributed by atoms with E-state index in [0.717, 1.165) is 37.5 Å². The molecule has 0 bridgehead atoms. The fraction of sp³-hybridized carbons (Fsp3) is 0.571. The van der Waals surface area contributed by atoms with Crippen molar-refractivity contribution < 1.29 is 9.84 Å². The van der Waals surface area contributed by atoms with Crippen molar-refractivity contribution in [1.29, 1.82) is 0 Å². The number of ether oxygens (including phenoxy) is 1. The fourth-order valence-electron chi connectivity index (χ4n) is 2.45. The third-order valence-corrected chi connectivity index (χ3v) is 3.34. The summed E-state index contributed by atoms with van der Waals surface area (Å²) in [5.41, 5.74) is 1.09. The van der Waals surface area contributed by atoms with Crippen LogP contribution in [-0.4, -0.2) is 49.4 Å². The summed E-state index contributed by atoms with van der Waals surface area (Å²) in [6, 6.07) is 8.04. The molecule has 0 aromatic heterocycles. The van der Waals surface area contributed by atoms with Crippen molar-refractivity contribution in [2.45, 2.75) is 13.0 Å². The standard InChI is InChI=1S/C14H22N2O2.ClH/c1-2-18-14-6-4-3-5-12(14)13(11-17)16-9-7-15-8-10-16;/h3-6,13,15,17H,2,7-11H2,1H3;1H/t13-;/m1./s1. The van der Waals surface area contributed by atoms with Gasteiger partial charge in [-0.25, -0.2) is 0 Å². The highest BCUT2D eigenvalue weighted by molar-refractivity contribution is 5.85. The molecule has 0 aliphatic carbocycles. The van der Waals surface area contributed by atoms with Crippen molar-refractivity contribution in [2.75, 3.05) is 39.4 Å². The molecule has 0 radical (unpaired) electrons. The lowest BCUT2D eigenvalue weighted by molar-refractivity contribution is 0.108. The second-order valence-corrected chi connectivity index (χ2v) is 4.46. The summed E-state index contributed by atoms with van der Waals surface area (Å²) in [5.74, 6) is 0.887. The third-order valence-electron chi connectivity index (χ3n) is 3.34. The lowest BCUT2D eigenvalue weighted by atomic mass is 10.0. The first-order valence-electron chi connectivity index (χ1n) is 6.64. The quantitative estimate of drug-likeness (QED) is 0.860. The molecule has 1 heterocycles. The maximum absolute atomic E-state index is 9.71. The van der Waals surface area contributed by atoms with E-state index < -0.39 is 0 Å². The predicted molar refractivity (Wildman–Crippen MR) is 79.1 cm³/mol. The van der Waals surface area contributed by atoms with Gasteiger partial charge in [0.2, 0.25) is 0 Å². The molecule has 0 spiro atoms. The molecular weight excluding hydrogens is 264 g/mol. The highest BCUT2D eigenvalue weighted by Gasteiger charge is 2.23. The van der Waals surface area contributed by atoms with Gasteiger partial charge in [0.25, 0.3) is 0 Å². The minimum atomic E-state index is 0. The van der Waals surface area contributed by atoms with Crippen LogP contribution in [0.15, 0.2) is 24.3 Å². The summed E-state index contributed by atoms with van der Waals surface area (Å²) in [4.78, 5) is 2.31. The van der Waals surface area contributed by atoms with Gasteiger partial charge < -0.3 is 15.2 Å². The van der Waals surface area contributed by atoms with Gasteiger partial charge in [0.1, 0.15) is 5.75 Å². The van der Waals surface area contributed by atoms with Gasteiger partial charge in [0.05, 0.1) is 19.3 Å². The van der Waals surface area contributed by atoms with Crippen molar-refractivity contribution in [2.24, 2.45) is 0 Å². The first-order chi connectivity index (χ1) is 8.86. The maximum atomic E-state index is 9.71. The molecule has 2 N–H and O–H groups in total. The van der Waals surface area contributed by atoms with E-state index in [0.29, 0.717) is 6.61 Å². The Morgan fingerprint density at radius 1 is 1.32 bits per heavy atom. The van der Waals surface area contributed by atoms with Crippen LogP contribution in [-0.2, 0) is 0 Å². The van der Waals surface area contributed by atoms with Crippen LogP contribution in [0.5, 0.6) is 5.75 Å². The maximum Gasteiger partial charge on any atom is 0.124 e. The summed E-state index contributed by atoms with van der Waals surface area (Å²) in [6.45, 7) is 6.65. The number of nitrogens with one attached hydrogen (secondary N) is 1. The summed E-state index contributed by atoms with van der Waals surface area (Å²) in [5, 5.41) is 13.0. The summed E-state index contributed by atoms with van der Waals surface area (Å²) in [6.07, 6.45) is 0. The number of halogens is 1. The number of aliphatic hydroxyl groups excluding tert-OH is 1. The molecule has 5 heteroatoms. The van der Waals surface area contributed by atoms with Gasteiger partial charge in [-0.1, -0.05) is 18.2 Å². The first-order valence-corrected chi connectivity index (χ1v) is 6.64. The fourth-order valence-corrected chi connectivity index (χ4v) is 2.45. The van der Waals surface area contributed by atoms with E-state index in [1.54, 1.807) is 0 Å². The predicted octanol–water partition coefficient (Wildman–Crippen LogP) is 1.45. The molecule has 1 fully saturated rings. The van der Waals surface area contributed by atoms with Crippen molar-refractivity contribution >= 4 is 12.4 Å². The summed E-state index contributed by atoms with van der Waals surface area (Å²) in [7, 11) is 0. The molecule has 1 saturated heterocycles. The van der Waals surface area contributed by atoms with E-state index in [4.69, 9.17) is 4.74 Å². The Balaban J connectivity index is 0.00000180. The molecule has 1 aromatic carbocycles. The molecule has 0 amide bonds. The molecule has 0 saturated carbocycles. The van der Waals surface area contributed by atoms with Crippen LogP contribution in [0.1, 0.15) is 18.5 Å². The zero-order chi connectivity index (χ0) is 12.8. The number of piperazine rings is 1. The second-order valence-electron chi connectivity index (χ2n) is 4.46. The monoisotopic (exact) mass is 286 g/mol. The lowest BCUT2D eigenvalue weighted by Crippen LogP contribution is -2.46. The minimum absolute atomic E-state index is 0.